The van der Waals surface area contributed by atoms with E-state index in [1.165, 1.54) is 0 Å². The third kappa shape index (κ3) is 4.16. The lowest BCUT2D eigenvalue weighted by Crippen LogP contribution is -2.38. The first-order valence-electron chi connectivity index (χ1n) is 5.71. The summed E-state index contributed by atoms with van der Waals surface area (Å²) in [6.07, 6.45) is 6.74. The highest BCUT2D eigenvalue weighted by Gasteiger charge is 2.16. The Bertz CT molecular complexity index is 226. The zero-order valence-electron chi connectivity index (χ0n) is 9.50. The Morgan fingerprint density at radius 3 is 3.07 bits per heavy atom. The van der Waals surface area contributed by atoms with E-state index in [0.717, 1.165) is 31.4 Å². The van der Waals surface area contributed by atoms with Crippen molar-refractivity contribution in [2.45, 2.75) is 32.4 Å². The first-order valence-corrected chi connectivity index (χ1v) is 5.71. The highest BCUT2D eigenvalue weighted by molar-refractivity contribution is 5.12. The van der Waals surface area contributed by atoms with Gasteiger partial charge in [0.1, 0.15) is 6.23 Å². The maximum atomic E-state index is 9.81. The lowest BCUT2D eigenvalue weighted by Gasteiger charge is -2.23. The molecule has 0 aliphatic heterocycles. The van der Waals surface area contributed by atoms with Gasteiger partial charge >= 0.3 is 0 Å². The quantitative estimate of drug-likeness (QED) is 0.352. The maximum absolute atomic E-state index is 9.81. The fraction of sp³-hybridized carbons (Fsp3) is 0.667. The molecule has 0 aromatic heterocycles. The number of allylic oxidation sites excluding steroid dienone is 2. The molecule has 2 unspecified atom stereocenters. The third-order valence-corrected chi connectivity index (χ3v) is 2.84. The summed E-state index contributed by atoms with van der Waals surface area (Å²) in [5.41, 5.74) is 1.12. The lowest BCUT2D eigenvalue weighted by atomic mass is 9.89. The van der Waals surface area contributed by atoms with Gasteiger partial charge in [0.15, 0.2) is 0 Å². The van der Waals surface area contributed by atoms with Gasteiger partial charge in [0, 0.05) is 6.67 Å². The topological polar surface area (TPSA) is 44.3 Å². The predicted molar refractivity (Wildman–Crippen MR) is 63.3 cm³/mol. The van der Waals surface area contributed by atoms with Crippen molar-refractivity contribution >= 4 is 0 Å². The molecule has 0 spiro atoms. The summed E-state index contributed by atoms with van der Waals surface area (Å²) >= 11 is 0. The van der Waals surface area contributed by atoms with Crippen molar-refractivity contribution in [1.29, 1.82) is 0 Å². The van der Waals surface area contributed by atoms with Crippen molar-refractivity contribution in [3.8, 4) is 0 Å². The molecule has 3 N–H and O–H groups in total. The summed E-state index contributed by atoms with van der Waals surface area (Å²) in [6, 6.07) is 0. The largest absolute Gasteiger partial charge is 0.375 e. The molecule has 0 bridgehead atoms. The van der Waals surface area contributed by atoms with Gasteiger partial charge in [-0.1, -0.05) is 19.1 Å². The molecular weight excluding hydrogens is 188 g/mol. The number of hydrogen-bond acceptors (Lipinski definition) is 3. The van der Waals surface area contributed by atoms with Gasteiger partial charge in [0.2, 0.25) is 0 Å². The second-order valence-electron chi connectivity index (χ2n) is 3.94. The Hall–Kier alpha value is -0.640. The summed E-state index contributed by atoms with van der Waals surface area (Å²) in [4.78, 5) is 0. The molecule has 0 amide bonds. The van der Waals surface area contributed by atoms with Crippen LogP contribution >= 0.6 is 0 Å². The maximum Gasteiger partial charge on any atom is 0.128 e. The molecule has 1 aliphatic carbocycles. The van der Waals surface area contributed by atoms with Gasteiger partial charge in [-0.25, -0.2) is 0 Å². The number of rotatable bonds is 6. The number of hydrogen-bond donors (Lipinski definition) is 3. The fourth-order valence-corrected chi connectivity index (χ4v) is 1.76. The van der Waals surface area contributed by atoms with Crippen molar-refractivity contribution < 1.29 is 5.11 Å². The Morgan fingerprint density at radius 2 is 2.53 bits per heavy atom. The van der Waals surface area contributed by atoms with Gasteiger partial charge in [-0.2, -0.15) is 0 Å². The molecule has 0 saturated heterocycles. The van der Waals surface area contributed by atoms with E-state index in [9.17, 15) is 5.11 Å². The van der Waals surface area contributed by atoms with Crippen LogP contribution in [-0.2, 0) is 0 Å². The molecular formula is C12H22N2O. The first-order chi connectivity index (χ1) is 7.27. The predicted octanol–water partition coefficient (Wildman–Crippen LogP) is 1.37. The smallest absolute Gasteiger partial charge is 0.128 e. The first kappa shape index (κ1) is 12.4. The third-order valence-electron chi connectivity index (χ3n) is 2.84. The Kier molecular flexibility index (Phi) is 5.61. The van der Waals surface area contributed by atoms with Crippen LogP contribution in [0.4, 0.5) is 0 Å². The SMILES string of the molecule is C=CC1CC=C(C(O)NCNCC)CC1. The van der Waals surface area contributed by atoms with Gasteiger partial charge in [-0.3, -0.25) is 5.32 Å². The molecule has 1 rings (SSSR count). The van der Waals surface area contributed by atoms with E-state index in [1.807, 2.05) is 13.0 Å². The van der Waals surface area contributed by atoms with E-state index in [-0.39, 0.29) is 0 Å². The average Bonchev–Trinajstić information content (AvgIpc) is 2.29. The van der Waals surface area contributed by atoms with Crippen LogP contribution < -0.4 is 10.6 Å². The molecule has 0 aromatic rings. The molecule has 3 heteroatoms. The summed E-state index contributed by atoms with van der Waals surface area (Å²) in [5, 5.41) is 16.0. The van der Waals surface area contributed by atoms with Crippen molar-refractivity contribution in [2.75, 3.05) is 13.2 Å². The van der Waals surface area contributed by atoms with Crippen LogP contribution in [0.5, 0.6) is 0 Å². The fourth-order valence-electron chi connectivity index (χ4n) is 1.76. The molecule has 3 nitrogen and oxygen atoms in total. The van der Waals surface area contributed by atoms with E-state index in [0.29, 0.717) is 12.6 Å². The highest BCUT2D eigenvalue weighted by atomic mass is 16.3. The van der Waals surface area contributed by atoms with Crippen LogP contribution in [0.3, 0.4) is 0 Å². The van der Waals surface area contributed by atoms with E-state index in [1.54, 1.807) is 0 Å². The highest BCUT2D eigenvalue weighted by Crippen LogP contribution is 2.25. The normalized spacial score (nSPS) is 23.3. The van der Waals surface area contributed by atoms with E-state index < -0.39 is 6.23 Å². The summed E-state index contributed by atoms with van der Waals surface area (Å²) in [7, 11) is 0. The molecule has 0 radical (unpaired) electrons. The Morgan fingerprint density at radius 1 is 1.73 bits per heavy atom. The second kappa shape index (κ2) is 6.77. The van der Waals surface area contributed by atoms with Crippen LogP contribution in [0.2, 0.25) is 0 Å². The molecule has 1 aliphatic rings. The van der Waals surface area contributed by atoms with E-state index in [4.69, 9.17) is 0 Å². The van der Waals surface area contributed by atoms with Gasteiger partial charge in [-0.15, -0.1) is 6.58 Å². The summed E-state index contributed by atoms with van der Waals surface area (Å²) in [6.45, 7) is 7.41. The van der Waals surface area contributed by atoms with Crippen molar-refractivity contribution in [3.63, 3.8) is 0 Å². The van der Waals surface area contributed by atoms with Crippen molar-refractivity contribution in [2.24, 2.45) is 5.92 Å². The van der Waals surface area contributed by atoms with E-state index >= 15 is 0 Å². The minimum absolute atomic E-state index is 0.491. The standard InChI is InChI=1S/C12H22N2O/c1-3-10-5-7-11(8-6-10)12(15)14-9-13-4-2/h3,7,10,12-15H,1,4-6,8-9H2,2H3. The summed E-state index contributed by atoms with van der Waals surface area (Å²) in [5.74, 6) is 0.592. The van der Waals surface area contributed by atoms with Crippen LogP contribution in [0.1, 0.15) is 26.2 Å². The number of aliphatic hydroxyl groups excluding tert-OH is 1. The van der Waals surface area contributed by atoms with E-state index in [2.05, 4.69) is 23.3 Å². The molecule has 0 fully saturated rings. The zero-order valence-corrected chi connectivity index (χ0v) is 9.50. The van der Waals surface area contributed by atoms with Gasteiger partial charge in [0.05, 0.1) is 0 Å². The van der Waals surface area contributed by atoms with Crippen LogP contribution in [0, 0.1) is 5.92 Å². The summed E-state index contributed by atoms with van der Waals surface area (Å²) < 4.78 is 0. The molecule has 86 valence electrons. The van der Waals surface area contributed by atoms with Gasteiger partial charge in [-0.05, 0) is 37.3 Å². The number of aliphatic hydroxyl groups is 1. The van der Waals surface area contributed by atoms with Crippen molar-refractivity contribution in [3.05, 3.63) is 24.3 Å². The molecule has 0 aromatic carbocycles. The molecule has 15 heavy (non-hydrogen) atoms. The van der Waals surface area contributed by atoms with Crippen LogP contribution in [0.25, 0.3) is 0 Å². The van der Waals surface area contributed by atoms with Crippen LogP contribution in [0.15, 0.2) is 24.3 Å². The molecule has 0 saturated carbocycles. The van der Waals surface area contributed by atoms with Gasteiger partial charge < -0.3 is 10.4 Å². The molecule has 0 heterocycles. The Labute approximate surface area is 92.3 Å². The zero-order chi connectivity index (χ0) is 11.1. The average molecular weight is 210 g/mol. The lowest BCUT2D eigenvalue weighted by molar-refractivity contribution is 0.162. The minimum Gasteiger partial charge on any atom is -0.375 e. The monoisotopic (exact) mass is 210 g/mol. The van der Waals surface area contributed by atoms with Crippen molar-refractivity contribution in [1.82, 2.24) is 10.6 Å². The molecule has 2 atom stereocenters. The second-order valence-corrected chi connectivity index (χ2v) is 3.94. The van der Waals surface area contributed by atoms with Gasteiger partial charge in [0.25, 0.3) is 0 Å². The minimum atomic E-state index is -0.491. The Balaban J connectivity index is 2.30. The van der Waals surface area contributed by atoms with Crippen LogP contribution in [-0.4, -0.2) is 24.5 Å². The number of nitrogens with one attached hydrogen (secondary N) is 2.